The highest BCUT2D eigenvalue weighted by atomic mass is 32.2. The quantitative estimate of drug-likeness (QED) is 0.622. The summed E-state index contributed by atoms with van der Waals surface area (Å²) >= 11 is 1.30. The van der Waals surface area contributed by atoms with Gasteiger partial charge in [-0.25, -0.2) is 0 Å². The highest BCUT2D eigenvalue weighted by Gasteiger charge is 2.16. The van der Waals surface area contributed by atoms with Gasteiger partial charge in [0, 0.05) is 30.5 Å². The molecule has 0 radical (unpaired) electrons. The van der Waals surface area contributed by atoms with E-state index in [9.17, 15) is 9.59 Å². The van der Waals surface area contributed by atoms with E-state index in [0.29, 0.717) is 23.0 Å². The summed E-state index contributed by atoms with van der Waals surface area (Å²) in [6.07, 6.45) is 1.58. The van der Waals surface area contributed by atoms with Crippen molar-refractivity contribution in [3.63, 3.8) is 0 Å². The van der Waals surface area contributed by atoms with E-state index in [1.807, 2.05) is 44.3 Å². The van der Waals surface area contributed by atoms with Crippen LogP contribution in [0.5, 0.6) is 0 Å². The van der Waals surface area contributed by atoms with Crippen LogP contribution >= 0.6 is 11.8 Å². The molecule has 0 aliphatic heterocycles. The van der Waals surface area contributed by atoms with Crippen molar-refractivity contribution < 1.29 is 9.59 Å². The molecule has 0 aliphatic carbocycles. The average Bonchev–Trinajstić information content (AvgIpc) is 3.13. The summed E-state index contributed by atoms with van der Waals surface area (Å²) in [6.45, 7) is 2.48. The third-order valence-electron chi connectivity index (χ3n) is 4.02. The second-order valence-electron chi connectivity index (χ2n) is 6.03. The fraction of sp³-hybridized carbons (Fsp3) is 0.200. The number of benzene rings is 2. The average molecular weight is 395 g/mol. The van der Waals surface area contributed by atoms with E-state index in [1.54, 1.807) is 40.1 Å². The molecule has 0 atom stereocenters. The zero-order valence-electron chi connectivity index (χ0n) is 15.7. The first kappa shape index (κ1) is 19.6. The number of rotatable bonds is 7. The third-order valence-corrected chi connectivity index (χ3v) is 5.06. The summed E-state index contributed by atoms with van der Waals surface area (Å²) in [5, 5.41) is 11.2. The van der Waals surface area contributed by atoms with Crippen molar-refractivity contribution in [3.05, 3.63) is 66.5 Å². The van der Waals surface area contributed by atoms with Crippen LogP contribution in [0, 0.1) is 0 Å². The lowest BCUT2D eigenvalue weighted by molar-refractivity contribution is -0.113. The van der Waals surface area contributed by atoms with Gasteiger partial charge in [-0.05, 0) is 37.3 Å². The maximum Gasteiger partial charge on any atom is 0.258 e. The molecule has 0 spiro atoms. The fourth-order valence-electron chi connectivity index (χ4n) is 2.67. The normalized spacial score (nSPS) is 10.5. The third kappa shape index (κ3) is 4.77. The summed E-state index contributed by atoms with van der Waals surface area (Å²) in [5.74, 6) is -0.0817. The van der Waals surface area contributed by atoms with Crippen LogP contribution in [0.2, 0.25) is 0 Å². The van der Waals surface area contributed by atoms with Gasteiger partial charge in [-0.3, -0.25) is 9.59 Å². The molecule has 2 amide bonds. The Balaban J connectivity index is 1.66. The number of hydrogen-bond donors (Lipinski definition) is 1. The SMILES string of the molecule is CCN(C(=O)c1cccc(NC(=O)CSc2nncn2C)c1)c1ccccc1. The predicted molar refractivity (Wildman–Crippen MR) is 111 cm³/mol. The van der Waals surface area contributed by atoms with Crippen LogP contribution in [0.1, 0.15) is 17.3 Å². The molecule has 144 valence electrons. The first-order chi connectivity index (χ1) is 13.6. The van der Waals surface area contributed by atoms with Gasteiger partial charge in [0.05, 0.1) is 5.75 Å². The van der Waals surface area contributed by atoms with E-state index in [2.05, 4.69) is 15.5 Å². The molecule has 0 saturated carbocycles. The number of carbonyl (C=O) groups is 2. The molecule has 1 heterocycles. The Labute approximate surface area is 167 Å². The molecule has 2 aromatic carbocycles. The molecular formula is C20H21N5O2S. The number of carbonyl (C=O) groups excluding carboxylic acids is 2. The molecule has 3 rings (SSSR count). The van der Waals surface area contributed by atoms with E-state index < -0.39 is 0 Å². The Morgan fingerprint density at radius 1 is 1.14 bits per heavy atom. The number of aryl methyl sites for hydroxylation is 1. The van der Waals surface area contributed by atoms with Gasteiger partial charge in [-0.1, -0.05) is 36.0 Å². The molecule has 1 aromatic heterocycles. The fourth-order valence-corrected chi connectivity index (χ4v) is 3.36. The Hall–Kier alpha value is -3.13. The van der Waals surface area contributed by atoms with E-state index in [1.165, 1.54) is 11.8 Å². The predicted octanol–water partition coefficient (Wildman–Crippen LogP) is 3.21. The summed E-state index contributed by atoms with van der Waals surface area (Å²) < 4.78 is 1.75. The molecular weight excluding hydrogens is 374 g/mol. The second kappa shape index (κ2) is 9.18. The van der Waals surface area contributed by atoms with Gasteiger partial charge < -0.3 is 14.8 Å². The maximum absolute atomic E-state index is 12.9. The Bertz CT molecular complexity index is 958. The minimum atomic E-state index is -0.173. The van der Waals surface area contributed by atoms with Crippen molar-refractivity contribution in [3.8, 4) is 0 Å². The molecule has 7 nitrogen and oxygen atoms in total. The molecule has 8 heteroatoms. The first-order valence-electron chi connectivity index (χ1n) is 8.82. The van der Waals surface area contributed by atoms with Gasteiger partial charge in [-0.2, -0.15) is 0 Å². The lowest BCUT2D eigenvalue weighted by Gasteiger charge is -2.21. The van der Waals surface area contributed by atoms with E-state index >= 15 is 0 Å². The molecule has 28 heavy (non-hydrogen) atoms. The number of thioether (sulfide) groups is 1. The van der Waals surface area contributed by atoms with Crippen LogP contribution in [0.25, 0.3) is 0 Å². The number of amides is 2. The van der Waals surface area contributed by atoms with Crippen molar-refractivity contribution in [2.45, 2.75) is 12.1 Å². The number of nitrogens with zero attached hydrogens (tertiary/aromatic N) is 4. The number of nitrogens with one attached hydrogen (secondary N) is 1. The van der Waals surface area contributed by atoms with Crippen molar-refractivity contribution in [2.75, 3.05) is 22.5 Å². The molecule has 1 N–H and O–H groups in total. The Morgan fingerprint density at radius 3 is 2.61 bits per heavy atom. The topological polar surface area (TPSA) is 80.1 Å². The Morgan fingerprint density at radius 2 is 1.93 bits per heavy atom. The summed E-state index contributed by atoms with van der Waals surface area (Å²) in [6, 6.07) is 16.5. The van der Waals surface area contributed by atoms with Crippen LogP contribution in [0.15, 0.2) is 66.1 Å². The standard InChI is InChI=1S/C20H21N5O2S/c1-3-25(17-10-5-4-6-11-17)19(27)15-8-7-9-16(12-15)22-18(26)13-28-20-23-21-14-24(20)2/h4-12,14H,3,13H2,1-2H3,(H,22,26). The molecule has 3 aromatic rings. The molecule has 0 fully saturated rings. The number of aromatic nitrogens is 3. The van der Waals surface area contributed by atoms with Crippen molar-refractivity contribution >= 4 is 35.0 Å². The summed E-state index contributed by atoms with van der Waals surface area (Å²) in [4.78, 5) is 26.9. The molecule has 0 unspecified atom stereocenters. The highest BCUT2D eigenvalue weighted by molar-refractivity contribution is 7.99. The van der Waals surface area contributed by atoms with Crippen LogP contribution < -0.4 is 10.2 Å². The summed E-state index contributed by atoms with van der Waals surface area (Å²) in [7, 11) is 1.82. The lowest BCUT2D eigenvalue weighted by Crippen LogP contribution is -2.30. The number of hydrogen-bond acceptors (Lipinski definition) is 5. The largest absolute Gasteiger partial charge is 0.325 e. The van der Waals surface area contributed by atoms with Gasteiger partial charge in [0.15, 0.2) is 5.16 Å². The highest BCUT2D eigenvalue weighted by Crippen LogP contribution is 2.19. The molecule has 0 saturated heterocycles. The maximum atomic E-state index is 12.9. The van der Waals surface area contributed by atoms with Crippen molar-refractivity contribution in [2.24, 2.45) is 7.05 Å². The zero-order chi connectivity index (χ0) is 19.9. The smallest absolute Gasteiger partial charge is 0.258 e. The molecule has 0 aliphatic rings. The number of para-hydroxylation sites is 1. The van der Waals surface area contributed by atoms with Gasteiger partial charge >= 0.3 is 0 Å². The van der Waals surface area contributed by atoms with Crippen LogP contribution in [0.3, 0.4) is 0 Å². The van der Waals surface area contributed by atoms with Crippen molar-refractivity contribution in [1.29, 1.82) is 0 Å². The van der Waals surface area contributed by atoms with Gasteiger partial charge in [0.2, 0.25) is 5.91 Å². The second-order valence-corrected chi connectivity index (χ2v) is 6.97. The monoisotopic (exact) mass is 395 g/mol. The van der Waals surface area contributed by atoms with Gasteiger partial charge in [0.1, 0.15) is 6.33 Å². The zero-order valence-corrected chi connectivity index (χ0v) is 16.5. The lowest BCUT2D eigenvalue weighted by atomic mass is 10.1. The van der Waals surface area contributed by atoms with Crippen molar-refractivity contribution in [1.82, 2.24) is 14.8 Å². The van der Waals surface area contributed by atoms with E-state index in [0.717, 1.165) is 5.69 Å². The van der Waals surface area contributed by atoms with Gasteiger partial charge in [0.25, 0.3) is 5.91 Å². The first-order valence-corrected chi connectivity index (χ1v) is 9.80. The van der Waals surface area contributed by atoms with Gasteiger partial charge in [-0.15, -0.1) is 10.2 Å². The molecule has 0 bridgehead atoms. The minimum absolute atomic E-state index is 0.113. The summed E-state index contributed by atoms with van der Waals surface area (Å²) in [5.41, 5.74) is 1.94. The van der Waals surface area contributed by atoms with E-state index in [4.69, 9.17) is 0 Å². The minimum Gasteiger partial charge on any atom is -0.325 e. The van der Waals surface area contributed by atoms with Crippen LogP contribution in [-0.4, -0.2) is 38.9 Å². The van der Waals surface area contributed by atoms with E-state index in [-0.39, 0.29) is 17.6 Å². The number of anilines is 2. The van der Waals surface area contributed by atoms with Crippen LogP contribution in [-0.2, 0) is 11.8 Å². The Kier molecular flexibility index (Phi) is 6.44. The van der Waals surface area contributed by atoms with Crippen LogP contribution in [0.4, 0.5) is 11.4 Å².